The maximum Gasteiger partial charge on any atom is 0.224 e. The molecule has 1 amide bonds. The summed E-state index contributed by atoms with van der Waals surface area (Å²) in [6.07, 6.45) is 0.152. The Kier molecular flexibility index (Phi) is 3.61. The molecule has 92 valence electrons. The second-order valence-corrected chi connectivity index (χ2v) is 5.14. The van der Waals surface area contributed by atoms with Crippen molar-refractivity contribution in [2.45, 2.75) is 25.4 Å². The van der Waals surface area contributed by atoms with Gasteiger partial charge in [0.2, 0.25) is 5.91 Å². The van der Waals surface area contributed by atoms with Crippen molar-refractivity contribution in [2.24, 2.45) is 5.73 Å². The summed E-state index contributed by atoms with van der Waals surface area (Å²) in [4.78, 5) is 13.4. The number of halogens is 2. The SMILES string of the molecule is CC(N)N1CC(c2c(Cl)cccc2Cl)CC1=O. The number of carbonyl (C=O) groups is 1. The third-order valence-corrected chi connectivity index (χ3v) is 3.72. The zero-order valence-corrected chi connectivity index (χ0v) is 11.0. The molecule has 1 saturated heterocycles. The van der Waals surface area contributed by atoms with Gasteiger partial charge in [-0.05, 0) is 24.6 Å². The fourth-order valence-corrected chi connectivity index (χ4v) is 2.93. The van der Waals surface area contributed by atoms with Crippen LogP contribution < -0.4 is 5.73 Å². The van der Waals surface area contributed by atoms with Crippen LogP contribution in [0.1, 0.15) is 24.8 Å². The maximum absolute atomic E-state index is 11.8. The van der Waals surface area contributed by atoms with Gasteiger partial charge in [0.05, 0.1) is 6.17 Å². The van der Waals surface area contributed by atoms with Crippen molar-refractivity contribution < 1.29 is 4.79 Å². The monoisotopic (exact) mass is 272 g/mol. The van der Waals surface area contributed by atoms with Gasteiger partial charge in [0.15, 0.2) is 0 Å². The van der Waals surface area contributed by atoms with Crippen molar-refractivity contribution in [2.75, 3.05) is 6.54 Å². The molecule has 2 N–H and O–H groups in total. The Morgan fingerprint density at radius 1 is 1.41 bits per heavy atom. The molecule has 5 heteroatoms. The van der Waals surface area contributed by atoms with Crippen molar-refractivity contribution in [3.8, 4) is 0 Å². The van der Waals surface area contributed by atoms with E-state index in [-0.39, 0.29) is 18.0 Å². The normalized spacial score (nSPS) is 22.0. The summed E-state index contributed by atoms with van der Waals surface area (Å²) in [5, 5.41) is 1.23. The molecule has 2 atom stereocenters. The van der Waals surface area contributed by atoms with E-state index in [1.807, 2.05) is 0 Å². The number of likely N-dealkylation sites (tertiary alicyclic amines) is 1. The first-order valence-corrected chi connectivity index (χ1v) is 6.25. The Morgan fingerprint density at radius 2 is 2.00 bits per heavy atom. The number of carbonyl (C=O) groups excluding carboxylic acids is 1. The van der Waals surface area contributed by atoms with Crippen molar-refractivity contribution >= 4 is 29.1 Å². The largest absolute Gasteiger partial charge is 0.327 e. The Balaban J connectivity index is 2.29. The van der Waals surface area contributed by atoms with Crippen molar-refractivity contribution in [1.82, 2.24) is 4.90 Å². The second kappa shape index (κ2) is 4.84. The summed E-state index contributed by atoms with van der Waals surface area (Å²) in [5.41, 5.74) is 6.60. The number of rotatable bonds is 2. The summed E-state index contributed by atoms with van der Waals surface area (Å²) in [5.74, 6) is 0.0932. The van der Waals surface area contributed by atoms with E-state index in [2.05, 4.69) is 0 Å². The molecule has 1 aromatic carbocycles. The van der Waals surface area contributed by atoms with Crippen LogP contribution in [0.5, 0.6) is 0 Å². The van der Waals surface area contributed by atoms with Crippen molar-refractivity contribution in [3.63, 3.8) is 0 Å². The molecule has 1 aromatic rings. The van der Waals surface area contributed by atoms with Gasteiger partial charge in [0, 0.05) is 28.9 Å². The highest BCUT2D eigenvalue weighted by molar-refractivity contribution is 6.36. The van der Waals surface area contributed by atoms with Gasteiger partial charge < -0.3 is 10.6 Å². The number of hydrogen-bond donors (Lipinski definition) is 1. The number of benzene rings is 1. The first-order chi connectivity index (χ1) is 8.00. The van der Waals surface area contributed by atoms with E-state index in [0.717, 1.165) is 5.56 Å². The molecule has 1 fully saturated rings. The molecule has 1 aliphatic heterocycles. The third kappa shape index (κ3) is 2.41. The van der Waals surface area contributed by atoms with Gasteiger partial charge in [-0.3, -0.25) is 4.79 Å². The van der Waals surface area contributed by atoms with E-state index in [4.69, 9.17) is 28.9 Å². The number of nitrogens with zero attached hydrogens (tertiary/aromatic N) is 1. The van der Waals surface area contributed by atoms with Gasteiger partial charge in [0.1, 0.15) is 0 Å². The average Bonchev–Trinajstić information content (AvgIpc) is 2.60. The average molecular weight is 273 g/mol. The molecule has 2 rings (SSSR count). The summed E-state index contributed by atoms with van der Waals surface area (Å²) in [6, 6.07) is 5.39. The molecule has 0 saturated carbocycles. The summed E-state index contributed by atoms with van der Waals surface area (Å²) < 4.78 is 0. The standard InChI is InChI=1S/C12H14Cl2N2O/c1-7(15)16-6-8(5-11(16)17)12-9(13)3-2-4-10(12)14/h2-4,7-8H,5-6,15H2,1H3. The van der Waals surface area contributed by atoms with E-state index in [9.17, 15) is 4.79 Å². The molecule has 1 heterocycles. The molecule has 3 nitrogen and oxygen atoms in total. The molecule has 1 aliphatic rings. The molecule has 0 aromatic heterocycles. The zero-order valence-electron chi connectivity index (χ0n) is 9.49. The van der Waals surface area contributed by atoms with Crippen LogP contribution in [0.4, 0.5) is 0 Å². The Labute approximate surface area is 110 Å². The minimum atomic E-state index is -0.270. The lowest BCUT2D eigenvalue weighted by Gasteiger charge is -2.21. The van der Waals surface area contributed by atoms with Crippen LogP contribution in [-0.4, -0.2) is 23.5 Å². The molecule has 0 bridgehead atoms. The third-order valence-electron chi connectivity index (χ3n) is 3.06. The lowest BCUT2D eigenvalue weighted by molar-refractivity contribution is -0.129. The molecule has 0 spiro atoms. The molecule has 17 heavy (non-hydrogen) atoms. The number of amides is 1. The summed E-state index contributed by atoms with van der Waals surface area (Å²) in [6.45, 7) is 2.38. The molecule has 2 unspecified atom stereocenters. The second-order valence-electron chi connectivity index (χ2n) is 4.32. The predicted molar refractivity (Wildman–Crippen MR) is 69.2 cm³/mol. The lowest BCUT2D eigenvalue weighted by atomic mass is 9.98. The van der Waals surface area contributed by atoms with E-state index in [1.54, 1.807) is 30.0 Å². The van der Waals surface area contributed by atoms with Gasteiger partial charge in [-0.1, -0.05) is 29.3 Å². The lowest BCUT2D eigenvalue weighted by Crippen LogP contribution is -2.40. The van der Waals surface area contributed by atoms with Crippen LogP contribution in [-0.2, 0) is 4.79 Å². The molecule has 0 radical (unpaired) electrons. The van der Waals surface area contributed by atoms with Crippen LogP contribution >= 0.6 is 23.2 Å². The van der Waals surface area contributed by atoms with Crippen LogP contribution in [0.2, 0.25) is 10.0 Å². The van der Waals surface area contributed by atoms with Gasteiger partial charge in [-0.15, -0.1) is 0 Å². The highest BCUT2D eigenvalue weighted by atomic mass is 35.5. The van der Waals surface area contributed by atoms with Gasteiger partial charge in [-0.2, -0.15) is 0 Å². The highest BCUT2D eigenvalue weighted by Gasteiger charge is 2.34. The van der Waals surface area contributed by atoms with E-state index in [0.29, 0.717) is 23.0 Å². The van der Waals surface area contributed by atoms with E-state index < -0.39 is 0 Å². The Bertz CT molecular complexity index is 428. The summed E-state index contributed by atoms with van der Waals surface area (Å²) in [7, 11) is 0. The smallest absolute Gasteiger partial charge is 0.224 e. The first kappa shape index (κ1) is 12.7. The molecular formula is C12H14Cl2N2O. The van der Waals surface area contributed by atoms with Crippen molar-refractivity contribution in [1.29, 1.82) is 0 Å². The van der Waals surface area contributed by atoms with Crippen LogP contribution in [0.3, 0.4) is 0 Å². The predicted octanol–water partition coefficient (Wildman–Crippen LogP) is 2.61. The summed E-state index contributed by atoms with van der Waals surface area (Å²) >= 11 is 12.3. The number of nitrogens with two attached hydrogens (primary N) is 1. The van der Waals surface area contributed by atoms with Crippen molar-refractivity contribution in [3.05, 3.63) is 33.8 Å². The molecular weight excluding hydrogens is 259 g/mol. The Hall–Kier alpha value is -0.770. The van der Waals surface area contributed by atoms with E-state index in [1.165, 1.54) is 0 Å². The topological polar surface area (TPSA) is 46.3 Å². The van der Waals surface area contributed by atoms with Crippen LogP contribution in [0.25, 0.3) is 0 Å². The van der Waals surface area contributed by atoms with Gasteiger partial charge in [0.25, 0.3) is 0 Å². The highest BCUT2D eigenvalue weighted by Crippen LogP contribution is 2.37. The minimum Gasteiger partial charge on any atom is -0.327 e. The van der Waals surface area contributed by atoms with Crippen LogP contribution in [0.15, 0.2) is 18.2 Å². The fraction of sp³-hybridized carbons (Fsp3) is 0.417. The minimum absolute atomic E-state index is 0.0368. The van der Waals surface area contributed by atoms with Crippen LogP contribution in [0, 0.1) is 0 Å². The maximum atomic E-state index is 11.8. The molecule has 0 aliphatic carbocycles. The van der Waals surface area contributed by atoms with Gasteiger partial charge in [-0.25, -0.2) is 0 Å². The number of hydrogen-bond acceptors (Lipinski definition) is 2. The van der Waals surface area contributed by atoms with E-state index >= 15 is 0 Å². The van der Waals surface area contributed by atoms with Gasteiger partial charge >= 0.3 is 0 Å². The quantitative estimate of drug-likeness (QED) is 0.900. The zero-order chi connectivity index (χ0) is 12.6. The Morgan fingerprint density at radius 3 is 2.47 bits per heavy atom. The fourth-order valence-electron chi connectivity index (χ4n) is 2.22. The first-order valence-electron chi connectivity index (χ1n) is 5.49.